The highest BCUT2D eigenvalue weighted by Crippen LogP contribution is 2.35. The largest absolute Gasteiger partial charge is 0.361 e. The highest BCUT2D eigenvalue weighted by atomic mass is 32.1. The molecule has 0 radical (unpaired) electrons. The number of rotatable bonds is 4. The Bertz CT molecular complexity index is 599. The Morgan fingerprint density at radius 3 is 3.05 bits per heavy atom. The van der Waals surface area contributed by atoms with Gasteiger partial charge in [-0.3, -0.25) is 4.79 Å². The van der Waals surface area contributed by atoms with Crippen LogP contribution in [0, 0.1) is 13.8 Å². The molecule has 21 heavy (non-hydrogen) atoms. The maximum absolute atomic E-state index is 12.5. The lowest BCUT2D eigenvalue weighted by atomic mass is 10.1. The third kappa shape index (κ3) is 2.88. The van der Waals surface area contributed by atoms with E-state index in [-0.39, 0.29) is 11.9 Å². The maximum atomic E-state index is 12.5. The highest BCUT2D eigenvalue weighted by molar-refractivity contribution is 7.10. The molecule has 1 fully saturated rings. The van der Waals surface area contributed by atoms with Crippen molar-refractivity contribution in [3.8, 4) is 0 Å². The Morgan fingerprint density at radius 1 is 1.52 bits per heavy atom. The molecule has 0 spiro atoms. The van der Waals surface area contributed by atoms with Gasteiger partial charge in [-0.15, -0.1) is 11.3 Å². The van der Waals surface area contributed by atoms with Crippen molar-refractivity contribution in [2.24, 2.45) is 0 Å². The van der Waals surface area contributed by atoms with Crippen molar-refractivity contribution >= 4 is 17.2 Å². The summed E-state index contributed by atoms with van der Waals surface area (Å²) < 4.78 is 5.16. The molecule has 1 aliphatic heterocycles. The van der Waals surface area contributed by atoms with Gasteiger partial charge in [0.05, 0.1) is 11.7 Å². The smallest absolute Gasteiger partial charge is 0.223 e. The molecule has 5 heteroatoms. The van der Waals surface area contributed by atoms with Crippen molar-refractivity contribution in [1.82, 2.24) is 10.1 Å². The number of aryl methyl sites for hydroxylation is 2. The Balaban J connectivity index is 1.65. The first-order chi connectivity index (χ1) is 10.2. The summed E-state index contributed by atoms with van der Waals surface area (Å²) in [4.78, 5) is 15.9. The molecule has 0 aliphatic carbocycles. The molecular weight excluding hydrogens is 284 g/mol. The third-order valence-corrected chi connectivity index (χ3v) is 5.19. The molecule has 0 aromatic carbocycles. The quantitative estimate of drug-likeness (QED) is 0.866. The average Bonchev–Trinajstić information content (AvgIpc) is 3.18. The van der Waals surface area contributed by atoms with Gasteiger partial charge in [0.1, 0.15) is 5.76 Å². The van der Waals surface area contributed by atoms with Gasteiger partial charge in [-0.05, 0) is 44.6 Å². The summed E-state index contributed by atoms with van der Waals surface area (Å²) in [5.41, 5.74) is 1.98. The van der Waals surface area contributed by atoms with Crippen LogP contribution in [-0.4, -0.2) is 22.5 Å². The van der Waals surface area contributed by atoms with Crippen molar-refractivity contribution in [3.63, 3.8) is 0 Å². The van der Waals surface area contributed by atoms with Gasteiger partial charge in [0.2, 0.25) is 5.91 Å². The summed E-state index contributed by atoms with van der Waals surface area (Å²) in [7, 11) is 0. The summed E-state index contributed by atoms with van der Waals surface area (Å²) in [6.45, 7) is 4.72. The molecule has 1 saturated heterocycles. The summed E-state index contributed by atoms with van der Waals surface area (Å²) in [5, 5.41) is 6.03. The predicted molar refractivity (Wildman–Crippen MR) is 82.3 cm³/mol. The van der Waals surface area contributed by atoms with Crippen LogP contribution in [-0.2, 0) is 11.2 Å². The average molecular weight is 304 g/mol. The third-order valence-electron chi connectivity index (χ3n) is 4.21. The van der Waals surface area contributed by atoms with Crippen LogP contribution < -0.4 is 0 Å². The standard InChI is InChI=1S/C16H20N2O2S/c1-11-13(12(2)20-17-11)7-8-16(19)18-9-3-5-14(18)15-6-4-10-21-15/h4,6,10,14H,3,5,7-9H2,1-2H3/t14-/m0/s1. The molecule has 0 bridgehead atoms. The van der Waals surface area contributed by atoms with Crippen LogP contribution in [0.4, 0.5) is 0 Å². The zero-order valence-electron chi connectivity index (χ0n) is 12.5. The fraction of sp³-hybridized carbons (Fsp3) is 0.500. The first kappa shape index (κ1) is 14.3. The minimum atomic E-state index is 0.242. The number of nitrogens with zero attached hydrogens (tertiary/aromatic N) is 2. The van der Waals surface area contributed by atoms with E-state index in [1.165, 1.54) is 4.88 Å². The second-order valence-electron chi connectivity index (χ2n) is 5.56. The summed E-state index contributed by atoms with van der Waals surface area (Å²) in [6, 6.07) is 4.47. The van der Waals surface area contributed by atoms with Gasteiger partial charge in [0, 0.05) is 23.4 Å². The van der Waals surface area contributed by atoms with E-state index in [1.807, 2.05) is 18.7 Å². The Labute approximate surface area is 128 Å². The molecule has 0 N–H and O–H groups in total. The number of carbonyl (C=O) groups is 1. The fourth-order valence-corrected chi connectivity index (χ4v) is 3.95. The molecule has 112 valence electrons. The number of aromatic nitrogens is 1. The maximum Gasteiger partial charge on any atom is 0.223 e. The van der Waals surface area contributed by atoms with Crippen molar-refractivity contribution in [1.29, 1.82) is 0 Å². The summed E-state index contributed by atoms with van der Waals surface area (Å²) in [5.74, 6) is 1.07. The van der Waals surface area contributed by atoms with E-state index >= 15 is 0 Å². The second-order valence-corrected chi connectivity index (χ2v) is 6.54. The predicted octanol–water partition coefficient (Wildman–Crippen LogP) is 3.65. The van der Waals surface area contributed by atoms with E-state index < -0.39 is 0 Å². The van der Waals surface area contributed by atoms with E-state index in [2.05, 4.69) is 22.7 Å². The molecule has 3 heterocycles. The Kier molecular flexibility index (Phi) is 4.10. The van der Waals surface area contributed by atoms with Crippen LogP contribution in [0.1, 0.15) is 47.2 Å². The number of carbonyl (C=O) groups excluding carboxylic acids is 1. The SMILES string of the molecule is Cc1noc(C)c1CCC(=O)N1CCC[C@H]1c1cccs1. The number of hydrogen-bond acceptors (Lipinski definition) is 4. The van der Waals surface area contributed by atoms with Crippen molar-refractivity contribution in [2.45, 2.75) is 45.6 Å². The van der Waals surface area contributed by atoms with Gasteiger partial charge in [0.15, 0.2) is 0 Å². The molecule has 1 amide bonds. The van der Waals surface area contributed by atoms with Crippen molar-refractivity contribution in [2.75, 3.05) is 6.54 Å². The van der Waals surface area contributed by atoms with Gasteiger partial charge < -0.3 is 9.42 Å². The Morgan fingerprint density at radius 2 is 2.38 bits per heavy atom. The number of amides is 1. The van der Waals surface area contributed by atoms with Crippen molar-refractivity contribution < 1.29 is 9.32 Å². The van der Waals surface area contributed by atoms with Gasteiger partial charge in [-0.1, -0.05) is 11.2 Å². The highest BCUT2D eigenvalue weighted by Gasteiger charge is 2.30. The van der Waals surface area contributed by atoms with Gasteiger partial charge in [-0.25, -0.2) is 0 Å². The number of thiophene rings is 1. The lowest BCUT2D eigenvalue weighted by Gasteiger charge is -2.24. The topological polar surface area (TPSA) is 46.3 Å². The van der Waals surface area contributed by atoms with E-state index in [4.69, 9.17) is 4.52 Å². The molecule has 4 nitrogen and oxygen atoms in total. The first-order valence-electron chi connectivity index (χ1n) is 7.41. The molecule has 1 aliphatic rings. The molecular formula is C16H20N2O2S. The lowest BCUT2D eigenvalue weighted by molar-refractivity contribution is -0.132. The van der Waals surface area contributed by atoms with Crippen molar-refractivity contribution in [3.05, 3.63) is 39.4 Å². The minimum Gasteiger partial charge on any atom is -0.361 e. The van der Waals surface area contributed by atoms with Crippen LogP contribution in [0.25, 0.3) is 0 Å². The zero-order valence-corrected chi connectivity index (χ0v) is 13.3. The summed E-state index contributed by atoms with van der Waals surface area (Å²) in [6.07, 6.45) is 3.43. The van der Waals surface area contributed by atoms with Gasteiger partial charge in [-0.2, -0.15) is 0 Å². The lowest BCUT2D eigenvalue weighted by Crippen LogP contribution is -2.30. The normalized spacial score (nSPS) is 18.4. The fourth-order valence-electron chi connectivity index (χ4n) is 3.08. The van der Waals surface area contributed by atoms with Crippen LogP contribution in [0.15, 0.2) is 22.0 Å². The molecule has 2 aromatic heterocycles. The molecule has 3 rings (SSSR count). The number of hydrogen-bond donors (Lipinski definition) is 0. The molecule has 0 saturated carbocycles. The second kappa shape index (κ2) is 6.02. The zero-order chi connectivity index (χ0) is 14.8. The van der Waals surface area contributed by atoms with E-state index in [1.54, 1.807) is 11.3 Å². The molecule has 1 atom stereocenters. The number of likely N-dealkylation sites (tertiary alicyclic amines) is 1. The van der Waals surface area contributed by atoms with Gasteiger partial charge >= 0.3 is 0 Å². The minimum absolute atomic E-state index is 0.242. The van der Waals surface area contributed by atoms with Crippen LogP contribution in [0.5, 0.6) is 0 Å². The molecule has 0 unspecified atom stereocenters. The van der Waals surface area contributed by atoms with Crippen LogP contribution in [0.3, 0.4) is 0 Å². The monoisotopic (exact) mass is 304 g/mol. The van der Waals surface area contributed by atoms with E-state index in [0.717, 1.165) is 36.4 Å². The van der Waals surface area contributed by atoms with E-state index in [0.29, 0.717) is 12.8 Å². The van der Waals surface area contributed by atoms with Crippen LogP contribution in [0.2, 0.25) is 0 Å². The van der Waals surface area contributed by atoms with Gasteiger partial charge in [0.25, 0.3) is 0 Å². The van der Waals surface area contributed by atoms with E-state index in [9.17, 15) is 4.79 Å². The first-order valence-corrected chi connectivity index (χ1v) is 8.29. The van der Waals surface area contributed by atoms with Crippen LogP contribution >= 0.6 is 11.3 Å². The molecule has 2 aromatic rings. The summed E-state index contributed by atoms with van der Waals surface area (Å²) >= 11 is 1.74. The Hall–Kier alpha value is -1.62.